The molecule has 11 aromatic carbocycles. The molecule has 0 aliphatic heterocycles. The molecule has 0 saturated carbocycles. The van der Waals surface area contributed by atoms with Crippen LogP contribution in [-0.2, 0) is 0 Å². The van der Waals surface area contributed by atoms with Crippen molar-refractivity contribution in [2.24, 2.45) is 0 Å². The van der Waals surface area contributed by atoms with Crippen LogP contribution in [0.25, 0.3) is 88.3 Å². The number of anilines is 6. The Morgan fingerprint density at radius 2 is 0.691 bits per heavy atom. The van der Waals surface area contributed by atoms with Crippen LogP contribution in [0.4, 0.5) is 34.1 Å². The number of aromatic nitrogens is 1. The van der Waals surface area contributed by atoms with Gasteiger partial charge < -0.3 is 18.6 Å². The molecule has 5 heteroatoms. The first-order chi connectivity index (χ1) is 33.7. The Bertz CT molecular complexity index is 3920. The van der Waals surface area contributed by atoms with Crippen molar-refractivity contribution in [3.63, 3.8) is 0 Å². The molecule has 0 aliphatic rings. The average Bonchev–Trinajstić information content (AvgIpc) is 4.02. The van der Waals surface area contributed by atoms with Crippen LogP contribution in [0.5, 0.6) is 0 Å². The number of oxazole rings is 1. The van der Waals surface area contributed by atoms with E-state index in [0.717, 1.165) is 83.5 Å². The molecule has 5 nitrogen and oxygen atoms in total. The highest BCUT2D eigenvalue weighted by atomic mass is 16.3. The second-order valence-corrected chi connectivity index (χ2v) is 17.2. The number of fused-ring (bicyclic) bond motifs is 7. The highest BCUT2D eigenvalue weighted by Crippen LogP contribution is 2.43. The quantitative estimate of drug-likeness (QED) is 0.135. The Labute approximate surface area is 393 Å². The fraction of sp³-hybridized carbons (Fsp3) is 0. The lowest BCUT2D eigenvalue weighted by atomic mass is 9.99. The van der Waals surface area contributed by atoms with Crippen molar-refractivity contribution in [1.82, 2.24) is 4.98 Å². The summed E-state index contributed by atoms with van der Waals surface area (Å²) >= 11 is 0. The van der Waals surface area contributed by atoms with Crippen LogP contribution in [0.3, 0.4) is 0 Å². The zero-order valence-electron chi connectivity index (χ0n) is 36.8. The van der Waals surface area contributed by atoms with E-state index < -0.39 is 0 Å². The van der Waals surface area contributed by atoms with Gasteiger partial charge in [-0.15, -0.1) is 0 Å². The standard InChI is InChI=1S/C63H41N3O2/c1-3-11-42(12-4-1)44-21-27-49(28-22-44)65(50-31-25-46(26-32-50)63-64-59-16-8-10-18-62(59)68-63)52-33-36-55-47(39-52)19-20-48-40-53(34-37-56(48)55)66(51-29-23-45(24-30-51)43-13-5-2-6-14-43)54-35-38-61-58(41-54)57-15-7-9-17-60(57)67-61/h1-41H. The first-order valence-electron chi connectivity index (χ1n) is 22.9. The summed E-state index contributed by atoms with van der Waals surface area (Å²) in [5.41, 5.74) is 15.4. The zero-order chi connectivity index (χ0) is 45.0. The lowest BCUT2D eigenvalue weighted by Gasteiger charge is -2.27. The third kappa shape index (κ3) is 7.02. The van der Waals surface area contributed by atoms with Gasteiger partial charge in [-0.1, -0.05) is 140 Å². The molecule has 0 spiro atoms. The van der Waals surface area contributed by atoms with E-state index in [9.17, 15) is 0 Å². The van der Waals surface area contributed by atoms with Crippen LogP contribution >= 0.6 is 0 Å². The van der Waals surface area contributed by atoms with Crippen molar-refractivity contribution in [2.75, 3.05) is 9.80 Å². The molecule has 0 radical (unpaired) electrons. The molecule has 2 heterocycles. The summed E-state index contributed by atoms with van der Waals surface area (Å²) in [6, 6.07) is 88.0. The normalized spacial score (nSPS) is 11.5. The topological polar surface area (TPSA) is 45.7 Å². The number of nitrogens with zero attached hydrogens (tertiary/aromatic N) is 3. The van der Waals surface area contributed by atoms with Gasteiger partial charge in [-0.25, -0.2) is 4.98 Å². The summed E-state index contributed by atoms with van der Waals surface area (Å²) in [6.45, 7) is 0. The van der Waals surface area contributed by atoms with E-state index in [2.05, 4.69) is 222 Å². The van der Waals surface area contributed by atoms with E-state index >= 15 is 0 Å². The zero-order valence-corrected chi connectivity index (χ0v) is 36.8. The number of furan rings is 1. The summed E-state index contributed by atoms with van der Waals surface area (Å²) in [7, 11) is 0. The maximum atomic E-state index is 6.26. The summed E-state index contributed by atoms with van der Waals surface area (Å²) in [4.78, 5) is 9.43. The molecule has 0 amide bonds. The van der Waals surface area contributed by atoms with Gasteiger partial charge in [0.1, 0.15) is 16.7 Å². The molecule has 0 unspecified atom stereocenters. The minimum absolute atomic E-state index is 0.606. The summed E-state index contributed by atoms with van der Waals surface area (Å²) < 4.78 is 12.4. The van der Waals surface area contributed by atoms with Gasteiger partial charge >= 0.3 is 0 Å². The van der Waals surface area contributed by atoms with Gasteiger partial charge in [0.15, 0.2) is 5.58 Å². The molecule has 0 saturated heterocycles. The molecule has 2 aromatic heterocycles. The van der Waals surface area contributed by atoms with Crippen molar-refractivity contribution in [2.45, 2.75) is 0 Å². The van der Waals surface area contributed by atoms with E-state index in [-0.39, 0.29) is 0 Å². The van der Waals surface area contributed by atoms with Gasteiger partial charge in [-0.3, -0.25) is 0 Å². The van der Waals surface area contributed by atoms with E-state index in [4.69, 9.17) is 13.8 Å². The smallest absolute Gasteiger partial charge is 0.227 e. The van der Waals surface area contributed by atoms with Crippen LogP contribution in [0.1, 0.15) is 0 Å². The minimum Gasteiger partial charge on any atom is -0.456 e. The van der Waals surface area contributed by atoms with Crippen molar-refractivity contribution < 1.29 is 8.83 Å². The lowest BCUT2D eigenvalue weighted by molar-refractivity contribution is 0.620. The molecule has 0 bridgehead atoms. The molecule has 13 rings (SSSR count). The van der Waals surface area contributed by atoms with E-state index in [1.54, 1.807) is 0 Å². The third-order valence-electron chi connectivity index (χ3n) is 13.1. The second kappa shape index (κ2) is 16.4. The fourth-order valence-corrected chi connectivity index (χ4v) is 9.69. The van der Waals surface area contributed by atoms with Gasteiger partial charge in [0.25, 0.3) is 0 Å². The Morgan fingerprint density at radius 1 is 0.265 bits per heavy atom. The molecular formula is C63H41N3O2. The Hall–Kier alpha value is -9.19. The molecular weight excluding hydrogens is 831 g/mol. The SMILES string of the molecule is c1ccc(-c2ccc(N(c3ccc(-c4nc5ccccc5o4)cc3)c3ccc4c(ccc5cc(N(c6ccc(-c7ccccc7)cc6)c6ccc7oc8ccccc8c7c6)ccc54)c3)cc2)cc1. The van der Waals surface area contributed by atoms with Crippen LogP contribution in [-0.4, -0.2) is 4.98 Å². The molecule has 13 aromatic rings. The third-order valence-corrected chi connectivity index (χ3v) is 13.1. The maximum absolute atomic E-state index is 6.26. The van der Waals surface area contributed by atoms with Crippen LogP contribution in [0, 0.1) is 0 Å². The molecule has 0 fully saturated rings. The van der Waals surface area contributed by atoms with Gasteiger partial charge in [0, 0.05) is 50.5 Å². The van der Waals surface area contributed by atoms with Crippen molar-refractivity contribution in [3.8, 4) is 33.7 Å². The number of rotatable bonds is 9. The minimum atomic E-state index is 0.606. The van der Waals surface area contributed by atoms with Crippen molar-refractivity contribution >= 4 is 88.7 Å². The average molecular weight is 872 g/mol. The first-order valence-corrected chi connectivity index (χ1v) is 22.9. The van der Waals surface area contributed by atoms with Gasteiger partial charge in [0.05, 0.1) is 0 Å². The largest absolute Gasteiger partial charge is 0.456 e. The van der Waals surface area contributed by atoms with E-state index in [1.165, 1.54) is 33.0 Å². The second-order valence-electron chi connectivity index (χ2n) is 17.2. The lowest BCUT2D eigenvalue weighted by Crippen LogP contribution is -2.10. The number of para-hydroxylation sites is 3. The van der Waals surface area contributed by atoms with E-state index in [0.29, 0.717) is 5.89 Å². The van der Waals surface area contributed by atoms with Crippen LogP contribution < -0.4 is 9.80 Å². The molecule has 0 N–H and O–H groups in total. The summed E-state index contributed by atoms with van der Waals surface area (Å²) in [6.07, 6.45) is 0. The van der Waals surface area contributed by atoms with Crippen molar-refractivity contribution in [1.29, 1.82) is 0 Å². The number of benzene rings is 11. The summed E-state index contributed by atoms with van der Waals surface area (Å²) in [5.74, 6) is 0.606. The fourth-order valence-electron chi connectivity index (χ4n) is 9.69. The van der Waals surface area contributed by atoms with Crippen LogP contribution in [0.15, 0.2) is 258 Å². The van der Waals surface area contributed by atoms with Gasteiger partial charge in [-0.05, 0) is 153 Å². The molecule has 0 aliphatic carbocycles. The summed E-state index contributed by atoms with van der Waals surface area (Å²) in [5, 5.41) is 6.89. The molecule has 68 heavy (non-hydrogen) atoms. The number of hydrogen-bond acceptors (Lipinski definition) is 5. The van der Waals surface area contributed by atoms with E-state index in [1.807, 2.05) is 36.4 Å². The monoisotopic (exact) mass is 871 g/mol. The van der Waals surface area contributed by atoms with Gasteiger partial charge in [0.2, 0.25) is 5.89 Å². The first kappa shape index (κ1) is 39.2. The highest BCUT2D eigenvalue weighted by molar-refractivity contribution is 6.10. The predicted octanol–water partition coefficient (Wildman–Crippen LogP) is 18.0. The highest BCUT2D eigenvalue weighted by Gasteiger charge is 2.19. The molecule has 0 atom stereocenters. The molecule has 320 valence electrons. The van der Waals surface area contributed by atoms with Crippen LogP contribution in [0.2, 0.25) is 0 Å². The van der Waals surface area contributed by atoms with Crippen molar-refractivity contribution in [3.05, 3.63) is 249 Å². The van der Waals surface area contributed by atoms with Gasteiger partial charge in [-0.2, -0.15) is 0 Å². The Balaban J connectivity index is 0.893. The predicted molar refractivity (Wildman–Crippen MR) is 282 cm³/mol. The maximum Gasteiger partial charge on any atom is 0.227 e. The Morgan fingerprint density at radius 3 is 1.26 bits per heavy atom. The number of hydrogen-bond donors (Lipinski definition) is 0. The Kier molecular flexibility index (Phi) is 9.43.